The molecular weight excluding hydrogens is 280 g/mol. The maximum absolute atomic E-state index is 12.4. The van der Waals surface area contributed by atoms with Gasteiger partial charge in [0.15, 0.2) is 0 Å². The van der Waals surface area contributed by atoms with Gasteiger partial charge in [-0.05, 0) is 24.8 Å². The van der Waals surface area contributed by atoms with Crippen LogP contribution in [0.2, 0.25) is 0 Å². The first-order valence-electron chi connectivity index (χ1n) is 7.27. The van der Waals surface area contributed by atoms with Crippen molar-refractivity contribution in [3.63, 3.8) is 0 Å². The van der Waals surface area contributed by atoms with E-state index in [4.69, 9.17) is 0 Å². The van der Waals surface area contributed by atoms with E-state index in [1.165, 1.54) is 0 Å². The number of amides is 2. The number of carbonyl (C=O) groups is 2. The second-order valence-corrected chi connectivity index (χ2v) is 5.99. The van der Waals surface area contributed by atoms with Crippen molar-refractivity contribution < 1.29 is 14.7 Å². The Morgan fingerprint density at radius 3 is 2.64 bits per heavy atom. The summed E-state index contributed by atoms with van der Waals surface area (Å²) in [6.07, 6.45) is 0.477. The predicted octanol–water partition coefficient (Wildman–Crippen LogP) is 3.17. The Kier molecular flexibility index (Phi) is 3.48. The van der Waals surface area contributed by atoms with Crippen molar-refractivity contribution in [2.75, 3.05) is 18.4 Å². The van der Waals surface area contributed by atoms with Gasteiger partial charge in [-0.25, -0.2) is 4.79 Å². The molecule has 5 heteroatoms. The van der Waals surface area contributed by atoms with E-state index >= 15 is 0 Å². The quantitative estimate of drug-likeness (QED) is 0.894. The SMILES string of the molecule is CC1(C(=O)O)CCN(C(=O)Nc2cccc3ccccc23)C1. The number of rotatable bonds is 2. The molecule has 2 amide bonds. The molecule has 1 saturated heterocycles. The van der Waals surface area contributed by atoms with Gasteiger partial charge in [0.1, 0.15) is 0 Å². The number of urea groups is 1. The van der Waals surface area contributed by atoms with Crippen LogP contribution in [0.3, 0.4) is 0 Å². The number of fused-ring (bicyclic) bond motifs is 1. The van der Waals surface area contributed by atoms with Crippen LogP contribution in [0.15, 0.2) is 42.5 Å². The molecule has 22 heavy (non-hydrogen) atoms. The largest absolute Gasteiger partial charge is 0.481 e. The molecule has 2 aromatic carbocycles. The Balaban J connectivity index is 1.79. The molecule has 114 valence electrons. The van der Waals surface area contributed by atoms with Gasteiger partial charge in [-0.3, -0.25) is 4.79 Å². The average Bonchev–Trinajstić information content (AvgIpc) is 2.92. The summed E-state index contributed by atoms with van der Waals surface area (Å²) in [7, 11) is 0. The smallest absolute Gasteiger partial charge is 0.321 e. The van der Waals surface area contributed by atoms with Crippen molar-refractivity contribution in [1.29, 1.82) is 0 Å². The van der Waals surface area contributed by atoms with Crippen molar-refractivity contribution in [2.24, 2.45) is 5.41 Å². The van der Waals surface area contributed by atoms with Gasteiger partial charge in [0, 0.05) is 18.5 Å². The van der Waals surface area contributed by atoms with Gasteiger partial charge in [-0.1, -0.05) is 36.4 Å². The minimum Gasteiger partial charge on any atom is -0.481 e. The van der Waals surface area contributed by atoms with Crippen LogP contribution in [0.4, 0.5) is 10.5 Å². The molecule has 0 radical (unpaired) electrons. The first-order valence-corrected chi connectivity index (χ1v) is 7.27. The molecule has 1 fully saturated rings. The first-order chi connectivity index (χ1) is 10.5. The Bertz CT molecular complexity index is 738. The van der Waals surface area contributed by atoms with Gasteiger partial charge in [0.25, 0.3) is 0 Å². The predicted molar refractivity (Wildman–Crippen MR) is 84.9 cm³/mol. The number of benzene rings is 2. The Morgan fingerprint density at radius 1 is 1.18 bits per heavy atom. The standard InChI is InChI=1S/C17H18N2O3/c1-17(15(20)21)9-10-19(11-17)16(22)18-14-8-4-6-12-5-2-3-7-13(12)14/h2-8H,9-11H2,1H3,(H,18,22)(H,20,21). The normalized spacial score (nSPS) is 21.0. The summed E-state index contributed by atoms with van der Waals surface area (Å²) in [5, 5.41) is 14.2. The number of anilines is 1. The Hall–Kier alpha value is -2.56. The minimum atomic E-state index is -0.854. The maximum Gasteiger partial charge on any atom is 0.321 e. The molecule has 2 N–H and O–H groups in total. The highest BCUT2D eigenvalue weighted by molar-refractivity contribution is 6.01. The molecule has 0 aromatic heterocycles. The topological polar surface area (TPSA) is 69.6 Å². The van der Waals surface area contributed by atoms with Crippen LogP contribution >= 0.6 is 0 Å². The lowest BCUT2D eigenvalue weighted by molar-refractivity contribution is -0.146. The van der Waals surface area contributed by atoms with E-state index in [9.17, 15) is 14.7 Å². The molecule has 1 unspecified atom stereocenters. The monoisotopic (exact) mass is 298 g/mol. The van der Waals surface area contributed by atoms with Gasteiger partial charge in [0.05, 0.1) is 11.1 Å². The summed E-state index contributed by atoms with van der Waals surface area (Å²) in [5.41, 5.74) is -0.108. The summed E-state index contributed by atoms with van der Waals surface area (Å²) in [4.78, 5) is 25.2. The second kappa shape index (κ2) is 5.33. The highest BCUT2D eigenvalue weighted by Crippen LogP contribution is 2.31. The van der Waals surface area contributed by atoms with Crippen molar-refractivity contribution in [3.8, 4) is 0 Å². The van der Waals surface area contributed by atoms with Gasteiger partial charge < -0.3 is 15.3 Å². The van der Waals surface area contributed by atoms with E-state index in [1.54, 1.807) is 11.8 Å². The van der Waals surface area contributed by atoms with Crippen molar-refractivity contribution in [2.45, 2.75) is 13.3 Å². The van der Waals surface area contributed by atoms with Crippen molar-refractivity contribution >= 4 is 28.5 Å². The number of aliphatic carboxylic acids is 1. The first kappa shape index (κ1) is 14.4. The zero-order chi connectivity index (χ0) is 15.7. The van der Waals surface area contributed by atoms with Crippen LogP contribution in [-0.2, 0) is 4.79 Å². The molecule has 3 rings (SSSR count). The van der Waals surface area contributed by atoms with Crippen LogP contribution in [0.5, 0.6) is 0 Å². The van der Waals surface area contributed by atoms with E-state index in [-0.39, 0.29) is 12.6 Å². The van der Waals surface area contributed by atoms with E-state index in [2.05, 4.69) is 5.32 Å². The highest BCUT2D eigenvalue weighted by Gasteiger charge is 2.42. The molecule has 1 heterocycles. The van der Waals surface area contributed by atoms with Gasteiger partial charge in [-0.2, -0.15) is 0 Å². The van der Waals surface area contributed by atoms with E-state index in [0.717, 1.165) is 16.5 Å². The number of likely N-dealkylation sites (tertiary alicyclic amines) is 1. The maximum atomic E-state index is 12.4. The number of carboxylic acid groups (broad SMARTS) is 1. The number of hydrogen-bond donors (Lipinski definition) is 2. The number of carboxylic acids is 1. The average molecular weight is 298 g/mol. The van der Waals surface area contributed by atoms with E-state index < -0.39 is 11.4 Å². The highest BCUT2D eigenvalue weighted by atomic mass is 16.4. The fourth-order valence-electron chi connectivity index (χ4n) is 2.84. The summed E-state index contributed by atoms with van der Waals surface area (Å²) >= 11 is 0. The van der Waals surface area contributed by atoms with Crippen molar-refractivity contribution in [3.05, 3.63) is 42.5 Å². The van der Waals surface area contributed by atoms with Gasteiger partial charge >= 0.3 is 12.0 Å². The molecule has 0 aliphatic carbocycles. The van der Waals surface area contributed by atoms with Crippen LogP contribution in [-0.4, -0.2) is 35.1 Å². The van der Waals surface area contributed by atoms with Crippen LogP contribution in [0, 0.1) is 5.41 Å². The van der Waals surface area contributed by atoms with Crippen LogP contribution in [0.1, 0.15) is 13.3 Å². The molecule has 1 atom stereocenters. The van der Waals surface area contributed by atoms with Crippen LogP contribution in [0.25, 0.3) is 10.8 Å². The molecule has 0 saturated carbocycles. The fourth-order valence-corrected chi connectivity index (χ4v) is 2.84. The second-order valence-electron chi connectivity index (χ2n) is 5.99. The fraction of sp³-hybridized carbons (Fsp3) is 0.294. The van der Waals surface area contributed by atoms with Crippen molar-refractivity contribution in [1.82, 2.24) is 4.90 Å². The minimum absolute atomic E-state index is 0.235. The molecule has 5 nitrogen and oxygen atoms in total. The third-order valence-electron chi connectivity index (χ3n) is 4.31. The molecule has 0 spiro atoms. The number of carbonyl (C=O) groups excluding carboxylic acids is 1. The Labute approximate surface area is 128 Å². The molecule has 2 aromatic rings. The molecule has 1 aliphatic rings. The molecule has 0 bridgehead atoms. The molecule has 1 aliphatic heterocycles. The van der Waals surface area contributed by atoms with Crippen LogP contribution < -0.4 is 5.32 Å². The summed E-state index contributed by atoms with van der Waals surface area (Å²) in [6.45, 7) is 2.37. The third-order valence-corrected chi connectivity index (χ3v) is 4.31. The van der Waals surface area contributed by atoms with E-state index in [0.29, 0.717) is 13.0 Å². The van der Waals surface area contributed by atoms with Gasteiger partial charge in [0.2, 0.25) is 0 Å². The Morgan fingerprint density at radius 2 is 1.91 bits per heavy atom. The lowest BCUT2D eigenvalue weighted by Gasteiger charge is -2.21. The number of hydrogen-bond acceptors (Lipinski definition) is 2. The third kappa shape index (κ3) is 2.50. The molecular formula is C17H18N2O3. The summed E-state index contributed by atoms with van der Waals surface area (Å²) < 4.78 is 0. The van der Waals surface area contributed by atoms with Gasteiger partial charge in [-0.15, -0.1) is 0 Å². The van der Waals surface area contributed by atoms with E-state index in [1.807, 2.05) is 42.5 Å². The number of nitrogens with one attached hydrogen (secondary N) is 1. The zero-order valence-corrected chi connectivity index (χ0v) is 12.4. The number of nitrogens with zero attached hydrogens (tertiary/aromatic N) is 1. The zero-order valence-electron chi connectivity index (χ0n) is 12.4. The summed E-state index contributed by atoms with van der Waals surface area (Å²) in [6, 6.07) is 13.3. The summed E-state index contributed by atoms with van der Waals surface area (Å²) in [5.74, 6) is -0.854. The lowest BCUT2D eigenvalue weighted by atomic mass is 9.90. The lowest BCUT2D eigenvalue weighted by Crippen LogP contribution is -2.37.